The minimum atomic E-state index is 0.0374. The van der Waals surface area contributed by atoms with Crippen LogP contribution in [0.5, 0.6) is 0 Å². The van der Waals surface area contributed by atoms with Crippen LogP contribution in [0.1, 0.15) is 32.1 Å². The number of hydrogen-bond donors (Lipinski definition) is 0. The number of rotatable bonds is 2. The summed E-state index contributed by atoms with van der Waals surface area (Å²) < 4.78 is 0. The van der Waals surface area contributed by atoms with E-state index in [1.165, 1.54) is 17.7 Å². The summed E-state index contributed by atoms with van der Waals surface area (Å²) in [5.74, 6) is 1.90. The molecule has 4 aliphatic rings. The smallest absolute Gasteiger partial charge is 0.229 e. The van der Waals surface area contributed by atoms with Crippen LogP contribution in [-0.4, -0.2) is 23.3 Å². The maximum atomic E-state index is 11.6. The van der Waals surface area contributed by atoms with Crippen LogP contribution in [0.25, 0.3) is 0 Å². The molecule has 3 nitrogen and oxygen atoms in total. The van der Waals surface area contributed by atoms with E-state index in [1.807, 2.05) is 0 Å². The Morgan fingerprint density at radius 3 is 2.38 bits per heavy atom. The largest absolute Gasteiger partial charge is 0.282 e. The fourth-order valence-electron chi connectivity index (χ4n) is 3.32. The van der Waals surface area contributed by atoms with Crippen molar-refractivity contribution in [2.24, 2.45) is 17.8 Å². The Morgan fingerprint density at radius 1 is 1.12 bits per heavy atom. The highest BCUT2D eigenvalue weighted by molar-refractivity contribution is 6.01. The lowest BCUT2D eigenvalue weighted by Gasteiger charge is -2.39. The van der Waals surface area contributed by atoms with Crippen molar-refractivity contribution in [1.82, 2.24) is 4.90 Å². The Morgan fingerprint density at radius 2 is 1.88 bits per heavy atom. The molecule has 0 spiro atoms. The number of nitrogens with zero attached hydrogens (tertiary/aromatic N) is 1. The molecule has 4 rings (SSSR count). The van der Waals surface area contributed by atoms with Crippen molar-refractivity contribution in [3.63, 3.8) is 0 Å². The summed E-state index contributed by atoms with van der Waals surface area (Å²) in [5.41, 5.74) is 0. The third-order valence-corrected chi connectivity index (χ3v) is 4.28. The van der Waals surface area contributed by atoms with Crippen LogP contribution in [0.4, 0.5) is 0 Å². The highest BCUT2D eigenvalue weighted by atomic mass is 16.2. The second kappa shape index (κ2) is 3.72. The van der Waals surface area contributed by atoms with Crippen LogP contribution in [0.3, 0.4) is 0 Å². The van der Waals surface area contributed by atoms with Gasteiger partial charge in [0, 0.05) is 19.4 Å². The van der Waals surface area contributed by atoms with Gasteiger partial charge in [-0.1, -0.05) is 12.2 Å². The number of carbonyl (C=O) groups is 2. The summed E-state index contributed by atoms with van der Waals surface area (Å²) in [6.07, 6.45) is 9.16. The van der Waals surface area contributed by atoms with Gasteiger partial charge in [-0.3, -0.25) is 14.5 Å². The lowest BCUT2D eigenvalue weighted by molar-refractivity contribution is -0.139. The number of imide groups is 1. The molecule has 1 aliphatic heterocycles. The number of allylic oxidation sites excluding steroid dienone is 2. The SMILES string of the molecule is O=C1CCC(=O)N1CC1CC2C=CC1CC2. The molecular formula is C13H17NO2. The van der Waals surface area contributed by atoms with Crippen LogP contribution < -0.4 is 0 Å². The van der Waals surface area contributed by atoms with Gasteiger partial charge < -0.3 is 0 Å². The minimum Gasteiger partial charge on any atom is -0.282 e. The molecule has 3 heteroatoms. The zero-order valence-corrected chi connectivity index (χ0v) is 9.39. The van der Waals surface area contributed by atoms with Gasteiger partial charge in [0.15, 0.2) is 0 Å². The normalized spacial score (nSPS) is 37.5. The molecule has 86 valence electrons. The second-order valence-electron chi connectivity index (χ2n) is 5.28. The van der Waals surface area contributed by atoms with E-state index in [2.05, 4.69) is 12.2 Å². The van der Waals surface area contributed by atoms with E-state index in [1.54, 1.807) is 0 Å². The van der Waals surface area contributed by atoms with Crippen LogP contribution in [-0.2, 0) is 9.59 Å². The van der Waals surface area contributed by atoms with Crippen molar-refractivity contribution >= 4 is 11.8 Å². The Hall–Kier alpha value is -1.12. The van der Waals surface area contributed by atoms with E-state index in [4.69, 9.17) is 0 Å². The molecule has 0 aromatic carbocycles. The van der Waals surface area contributed by atoms with Gasteiger partial charge in [0.1, 0.15) is 0 Å². The Kier molecular flexibility index (Phi) is 2.34. The lowest BCUT2D eigenvalue weighted by Crippen LogP contribution is -2.39. The van der Waals surface area contributed by atoms with Crippen molar-refractivity contribution < 1.29 is 9.59 Å². The van der Waals surface area contributed by atoms with Crippen LogP contribution in [0.15, 0.2) is 12.2 Å². The fourth-order valence-corrected chi connectivity index (χ4v) is 3.32. The summed E-state index contributed by atoms with van der Waals surface area (Å²) >= 11 is 0. The summed E-state index contributed by atoms with van der Waals surface area (Å²) in [5, 5.41) is 0. The third kappa shape index (κ3) is 1.58. The molecule has 1 saturated carbocycles. The Balaban J connectivity index is 1.69. The van der Waals surface area contributed by atoms with Crippen LogP contribution >= 0.6 is 0 Å². The van der Waals surface area contributed by atoms with Crippen molar-refractivity contribution in [3.8, 4) is 0 Å². The molecule has 0 aromatic rings. The number of hydrogen-bond acceptors (Lipinski definition) is 2. The van der Waals surface area contributed by atoms with Gasteiger partial charge in [0.2, 0.25) is 11.8 Å². The van der Waals surface area contributed by atoms with E-state index in [0.717, 1.165) is 6.42 Å². The monoisotopic (exact) mass is 219 g/mol. The van der Waals surface area contributed by atoms with E-state index in [9.17, 15) is 9.59 Å². The number of amides is 2. The quantitative estimate of drug-likeness (QED) is 0.524. The lowest BCUT2D eigenvalue weighted by atomic mass is 9.69. The maximum absolute atomic E-state index is 11.6. The molecule has 2 bridgehead atoms. The standard InChI is InChI=1S/C13H17NO2/c15-12-5-6-13(16)14(12)8-11-7-9-1-3-10(11)4-2-9/h1,3,9-11H,2,4-8H2. The maximum Gasteiger partial charge on any atom is 0.229 e. The number of carbonyl (C=O) groups excluding carboxylic acids is 2. The number of likely N-dealkylation sites (tertiary alicyclic amines) is 1. The molecule has 0 aromatic heterocycles. The van der Waals surface area contributed by atoms with Gasteiger partial charge in [0.05, 0.1) is 0 Å². The molecule has 0 N–H and O–H groups in total. The first-order chi connectivity index (χ1) is 7.74. The van der Waals surface area contributed by atoms with Gasteiger partial charge in [0.25, 0.3) is 0 Å². The zero-order chi connectivity index (χ0) is 11.1. The van der Waals surface area contributed by atoms with Crippen LogP contribution in [0.2, 0.25) is 0 Å². The first-order valence-electron chi connectivity index (χ1n) is 6.25. The van der Waals surface area contributed by atoms with Gasteiger partial charge in [-0.05, 0) is 37.0 Å². The molecule has 2 fully saturated rings. The summed E-state index contributed by atoms with van der Waals surface area (Å²) in [4.78, 5) is 24.6. The Labute approximate surface area is 95.5 Å². The topological polar surface area (TPSA) is 37.4 Å². The van der Waals surface area contributed by atoms with E-state index in [-0.39, 0.29) is 11.8 Å². The summed E-state index contributed by atoms with van der Waals surface area (Å²) in [6.45, 7) is 0.670. The predicted molar refractivity (Wildman–Crippen MR) is 59.4 cm³/mol. The summed E-state index contributed by atoms with van der Waals surface area (Å²) in [6, 6.07) is 0. The second-order valence-corrected chi connectivity index (χ2v) is 5.28. The van der Waals surface area contributed by atoms with Gasteiger partial charge in [-0.25, -0.2) is 0 Å². The Bertz CT molecular complexity index is 345. The molecule has 16 heavy (non-hydrogen) atoms. The van der Waals surface area contributed by atoms with Gasteiger partial charge >= 0.3 is 0 Å². The van der Waals surface area contributed by atoms with Crippen molar-refractivity contribution in [3.05, 3.63) is 12.2 Å². The van der Waals surface area contributed by atoms with E-state index < -0.39 is 0 Å². The molecule has 2 amide bonds. The first kappa shape index (κ1) is 10.1. The minimum absolute atomic E-state index is 0.0374. The highest BCUT2D eigenvalue weighted by Crippen LogP contribution is 2.41. The first-order valence-corrected chi connectivity index (χ1v) is 6.25. The molecule has 3 aliphatic carbocycles. The van der Waals surface area contributed by atoms with Crippen molar-refractivity contribution in [1.29, 1.82) is 0 Å². The van der Waals surface area contributed by atoms with E-state index >= 15 is 0 Å². The average molecular weight is 219 g/mol. The van der Waals surface area contributed by atoms with E-state index in [0.29, 0.717) is 37.1 Å². The molecule has 1 heterocycles. The average Bonchev–Trinajstić information content (AvgIpc) is 2.63. The highest BCUT2D eigenvalue weighted by Gasteiger charge is 2.37. The number of fused-ring (bicyclic) bond motifs is 2. The molecule has 0 radical (unpaired) electrons. The summed E-state index contributed by atoms with van der Waals surface area (Å²) in [7, 11) is 0. The molecular weight excluding hydrogens is 202 g/mol. The van der Waals surface area contributed by atoms with Crippen molar-refractivity contribution in [2.45, 2.75) is 32.1 Å². The van der Waals surface area contributed by atoms with Crippen LogP contribution in [0, 0.1) is 17.8 Å². The molecule has 1 saturated heterocycles. The zero-order valence-electron chi connectivity index (χ0n) is 9.39. The van der Waals surface area contributed by atoms with Crippen molar-refractivity contribution in [2.75, 3.05) is 6.54 Å². The molecule has 3 unspecified atom stereocenters. The predicted octanol–water partition coefficient (Wildman–Crippen LogP) is 1.74. The third-order valence-electron chi connectivity index (χ3n) is 4.28. The van der Waals surface area contributed by atoms with Gasteiger partial charge in [-0.15, -0.1) is 0 Å². The molecule has 3 atom stereocenters. The van der Waals surface area contributed by atoms with Gasteiger partial charge in [-0.2, -0.15) is 0 Å². The fraction of sp³-hybridized carbons (Fsp3) is 0.692.